The number of ether oxygens (including phenoxy) is 1. The van der Waals surface area contributed by atoms with Gasteiger partial charge in [0.15, 0.2) is 17.3 Å². The largest absolute Gasteiger partial charge is 0.382 e. The topological polar surface area (TPSA) is 111 Å². The highest BCUT2D eigenvalue weighted by atomic mass is 19.3. The van der Waals surface area contributed by atoms with Gasteiger partial charge in [0, 0.05) is 6.54 Å². The van der Waals surface area contributed by atoms with Crippen LogP contribution in [0.1, 0.15) is 5.82 Å². The van der Waals surface area contributed by atoms with Gasteiger partial charge in [-0.2, -0.15) is 4.98 Å². The summed E-state index contributed by atoms with van der Waals surface area (Å²) < 4.78 is 78.1. The van der Waals surface area contributed by atoms with Crippen molar-refractivity contribution in [2.45, 2.75) is 37.9 Å². The summed E-state index contributed by atoms with van der Waals surface area (Å²) in [5, 5.41) is 6.79. The molecule has 2 saturated heterocycles. The van der Waals surface area contributed by atoms with Crippen LogP contribution >= 0.6 is 0 Å². The van der Waals surface area contributed by atoms with E-state index in [1.807, 2.05) is 0 Å². The number of nitrogens with one attached hydrogen (secondary N) is 1. The third-order valence-corrected chi connectivity index (χ3v) is 6.75. The molecule has 0 unspecified atom stereocenters. The minimum atomic E-state index is -3.05. The molecule has 10 nitrogen and oxygen atoms in total. The van der Waals surface area contributed by atoms with Gasteiger partial charge in [-0.3, -0.25) is 4.90 Å². The molecule has 0 spiro atoms. The number of likely N-dealkylation sites (tertiary alicyclic amines) is 1. The maximum Gasteiger partial charge on any atom is 0.281 e. The van der Waals surface area contributed by atoms with Crippen LogP contribution in [0.2, 0.25) is 0 Å². The Bertz CT molecular complexity index is 1500. The zero-order valence-corrected chi connectivity index (χ0v) is 19.5. The molecule has 2 fully saturated rings. The van der Waals surface area contributed by atoms with Crippen molar-refractivity contribution in [3.63, 3.8) is 0 Å². The number of halogens is 5. The van der Waals surface area contributed by atoms with Crippen molar-refractivity contribution in [2.24, 2.45) is 0 Å². The fourth-order valence-corrected chi connectivity index (χ4v) is 4.83. The third kappa shape index (κ3) is 4.01. The Morgan fingerprint density at radius 1 is 1.22 bits per heavy atom. The molecule has 0 aliphatic carbocycles. The summed E-state index contributed by atoms with van der Waals surface area (Å²) in [7, 11) is 0. The number of aromatic nitrogens is 6. The summed E-state index contributed by atoms with van der Waals surface area (Å²) >= 11 is 0. The zero-order valence-electron chi connectivity index (χ0n) is 19.5. The van der Waals surface area contributed by atoms with Crippen LogP contribution in [-0.4, -0.2) is 84.8 Å². The van der Waals surface area contributed by atoms with Gasteiger partial charge in [0.1, 0.15) is 22.9 Å². The highest BCUT2D eigenvalue weighted by Gasteiger charge is 2.51. The standard InChI is InChI=1S/C22H22F5N9O/c1-10-29-14-3-2-13(30-20(14)35(10)6-16(24)25)17-12(23)4-36-18(17)19(28)32-21(33-36)31-15-5-34(9-22(15,26)27)11-7-37-8-11/h2-4,11,15-16H,5-9H2,1H3,(H3,28,31,32,33)/t15-/m1/s1. The Balaban J connectivity index is 1.35. The monoisotopic (exact) mass is 523 g/mol. The van der Waals surface area contributed by atoms with E-state index < -0.39 is 37.3 Å². The Labute approximate surface area is 206 Å². The Morgan fingerprint density at radius 3 is 2.70 bits per heavy atom. The highest BCUT2D eigenvalue weighted by molar-refractivity contribution is 5.89. The van der Waals surface area contributed by atoms with Gasteiger partial charge in [-0.25, -0.2) is 36.4 Å². The van der Waals surface area contributed by atoms with Crippen molar-refractivity contribution in [3.8, 4) is 11.3 Å². The lowest BCUT2D eigenvalue weighted by Crippen LogP contribution is -2.48. The molecule has 4 aromatic rings. The molecule has 2 aliphatic rings. The molecule has 3 N–H and O–H groups in total. The lowest BCUT2D eigenvalue weighted by molar-refractivity contribution is -0.0711. The van der Waals surface area contributed by atoms with Crippen LogP contribution in [0, 0.1) is 12.7 Å². The summed E-state index contributed by atoms with van der Waals surface area (Å²) in [5.74, 6) is -3.80. The average molecular weight is 523 g/mol. The predicted octanol–water partition coefficient (Wildman–Crippen LogP) is 2.57. The van der Waals surface area contributed by atoms with Gasteiger partial charge in [-0.1, -0.05) is 0 Å². The van der Waals surface area contributed by atoms with E-state index >= 15 is 4.39 Å². The first-order valence-corrected chi connectivity index (χ1v) is 11.5. The maximum absolute atomic E-state index is 15.1. The zero-order chi connectivity index (χ0) is 26.1. The molecule has 0 bridgehead atoms. The lowest BCUT2D eigenvalue weighted by atomic mass is 10.1. The molecule has 6 heterocycles. The molecule has 0 saturated carbocycles. The molecule has 4 aromatic heterocycles. The molecule has 2 aliphatic heterocycles. The van der Waals surface area contributed by atoms with Gasteiger partial charge >= 0.3 is 0 Å². The van der Waals surface area contributed by atoms with Crippen molar-refractivity contribution >= 4 is 28.4 Å². The summed E-state index contributed by atoms with van der Waals surface area (Å²) in [6, 6.07) is 1.71. The van der Waals surface area contributed by atoms with Crippen LogP contribution in [0.5, 0.6) is 0 Å². The number of aryl methyl sites for hydroxylation is 1. The van der Waals surface area contributed by atoms with Crippen molar-refractivity contribution in [3.05, 3.63) is 30.0 Å². The van der Waals surface area contributed by atoms with Crippen LogP contribution in [0.15, 0.2) is 18.3 Å². The quantitative estimate of drug-likeness (QED) is 0.371. The fourth-order valence-electron chi connectivity index (χ4n) is 4.83. The van der Waals surface area contributed by atoms with E-state index in [1.165, 1.54) is 10.6 Å². The second-order valence-electron chi connectivity index (χ2n) is 9.24. The lowest BCUT2D eigenvalue weighted by Gasteiger charge is -2.34. The number of nitrogens with two attached hydrogens (primary N) is 1. The van der Waals surface area contributed by atoms with Gasteiger partial charge in [-0.15, -0.1) is 5.10 Å². The summed E-state index contributed by atoms with van der Waals surface area (Å²) in [6.45, 7) is 1.41. The summed E-state index contributed by atoms with van der Waals surface area (Å²) in [5.41, 5.74) is 6.80. The molecular weight excluding hydrogens is 501 g/mol. The highest BCUT2D eigenvalue weighted by Crippen LogP contribution is 2.34. The number of rotatable bonds is 6. The van der Waals surface area contributed by atoms with Crippen molar-refractivity contribution in [1.29, 1.82) is 0 Å². The Kier molecular flexibility index (Phi) is 5.45. The number of fused-ring (bicyclic) bond motifs is 2. The summed E-state index contributed by atoms with van der Waals surface area (Å²) in [6.07, 6.45) is -1.60. The van der Waals surface area contributed by atoms with Crippen LogP contribution in [-0.2, 0) is 11.3 Å². The third-order valence-electron chi connectivity index (χ3n) is 6.75. The molecule has 196 valence electrons. The molecule has 37 heavy (non-hydrogen) atoms. The average Bonchev–Trinajstić information content (AvgIpc) is 3.37. The van der Waals surface area contributed by atoms with E-state index in [0.29, 0.717) is 24.6 Å². The van der Waals surface area contributed by atoms with Gasteiger partial charge in [0.2, 0.25) is 5.95 Å². The van der Waals surface area contributed by atoms with Gasteiger partial charge < -0.3 is 20.4 Å². The van der Waals surface area contributed by atoms with Gasteiger partial charge in [0.25, 0.3) is 12.3 Å². The molecule has 0 aromatic carbocycles. The van der Waals surface area contributed by atoms with Crippen LogP contribution in [0.3, 0.4) is 0 Å². The molecule has 6 rings (SSSR count). The molecule has 1 atom stereocenters. The van der Waals surface area contributed by atoms with Crippen LogP contribution in [0.25, 0.3) is 27.9 Å². The smallest absolute Gasteiger partial charge is 0.281 e. The Hall–Kier alpha value is -3.59. The second-order valence-corrected chi connectivity index (χ2v) is 9.24. The van der Waals surface area contributed by atoms with E-state index in [-0.39, 0.29) is 46.8 Å². The molecule has 15 heteroatoms. The van der Waals surface area contributed by atoms with Crippen LogP contribution < -0.4 is 11.1 Å². The number of pyridine rings is 1. The fraction of sp³-hybridized carbons (Fsp3) is 0.455. The second kappa shape index (κ2) is 8.48. The summed E-state index contributed by atoms with van der Waals surface area (Å²) in [4.78, 5) is 14.4. The Morgan fingerprint density at radius 2 is 2.00 bits per heavy atom. The number of hydrogen-bond acceptors (Lipinski definition) is 8. The molecule has 0 radical (unpaired) electrons. The number of anilines is 2. The first kappa shape index (κ1) is 23.8. The predicted molar refractivity (Wildman–Crippen MR) is 123 cm³/mol. The SMILES string of the molecule is Cc1nc2ccc(-c3c(F)cn4nc(N[C@@H]5CN(C6COC6)CC5(F)F)nc(N)c34)nc2n1CC(F)F. The van der Waals surface area contributed by atoms with E-state index in [4.69, 9.17) is 10.5 Å². The van der Waals surface area contributed by atoms with Gasteiger partial charge in [-0.05, 0) is 19.1 Å². The number of imidazole rings is 1. The minimum absolute atomic E-state index is 0.0456. The van der Waals surface area contributed by atoms with Crippen molar-refractivity contribution < 1.29 is 26.7 Å². The minimum Gasteiger partial charge on any atom is -0.382 e. The normalized spacial score (nSPS) is 20.4. The first-order valence-electron chi connectivity index (χ1n) is 11.5. The van der Waals surface area contributed by atoms with Crippen molar-refractivity contribution in [1.82, 2.24) is 34.0 Å². The number of nitrogen functional groups attached to an aromatic ring is 1. The maximum atomic E-state index is 15.1. The van der Waals surface area contributed by atoms with Crippen LogP contribution in [0.4, 0.5) is 33.7 Å². The van der Waals surface area contributed by atoms with Gasteiger partial charge in [0.05, 0.1) is 49.8 Å². The number of hydrogen-bond donors (Lipinski definition) is 2. The van der Waals surface area contributed by atoms with Crippen molar-refractivity contribution in [2.75, 3.05) is 37.4 Å². The van der Waals surface area contributed by atoms with E-state index in [1.54, 1.807) is 17.9 Å². The van der Waals surface area contributed by atoms with E-state index in [0.717, 1.165) is 10.7 Å². The molecule has 0 amide bonds. The first-order chi connectivity index (χ1) is 17.6. The number of nitrogens with zero attached hydrogens (tertiary/aromatic N) is 7. The van der Waals surface area contributed by atoms with E-state index in [9.17, 15) is 17.6 Å². The van der Waals surface area contributed by atoms with E-state index in [2.05, 4.69) is 25.4 Å². The number of alkyl halides is 4. The molecular formula is C22H22F5N9O.